The number of amides is 2. The lowest BCUT2D eigenvalue weighted by molar-refractivity contribution is -0.126. The number of methoxy groups -OCH3 is 1. The van der Waals surface area contributed by atoms with Crippen LogP contribution in [0.3, 0.4) is 0 Å². The van der Waals surface area contributed by atoms with Gasteiger partial charge >= 0.3 is 0 Å². The molecule has 3 rings (SSSR count). The molecule has 0 unspecified atom stereocenters. The third-order valence-electron chi connectivity index (χ3n) is 5.50. The molecule has 0 saturated carbocycles. The number of hydrogen-bond donors (Lipinski definition) is 1. The smallest absolute Gasteiger partial charge is 0.253 e. The SMILES string of the molecule is CCCCCNC(=O)C1CCN(C(=O)c2ccc(OCc3cscn3)c(OC)c2)CC1. The molecule has 1 aromatic heterocycles. The van der Waals surface area contributed by atoms with Crippen LogP contribution in [0.25, 0.3) is 0 Å². The van der Waals surface area contributed by atoms with Crippen LogP contribution in [0.1, 0.15) is 55.1 Å². The van der Waals surface area contributed by atoms with E-state index in [-0.39, 0.29) is 17.7 Å². The Hall–Kier alpha value is -2.61. The molecule has 1 aliphatic rings. The highest BCUT2D eigenvalue weighted by molar-refractivity contribution is 7.07. The zero-order valence-corrected chi connectivity index (χ0v) is 19.1. The summed E-state index contributed by atoms with van der Waals surface area (Å²) in [6, 6.07) is 5.23. The first kappa shape index (κ1) is 23.1. The van der Waals surface area contributed by atoms with Crippen molar-refractivity contribution in [2.45, 2.75) is 45.6 Å². The topological polar surface area (TPSA) is 80.8 Å². The summed E-state index contributed by atoms with van der Waals surface area (Å²) in [7, 11) is 1.56. The predicted octanol–water partition coefficient (Wildman–Crippen LogP) is 3.89. The number of carbonyl (C=O) groups is 2. The number of nitrogens with one attached hydrogen (secondary N) is 1. The number of hydrogen-bond acceptors (Lipinski definition) is 6. The van der Waals surface area contributed by atoms with E-state index in [0.29, 0.717) is 49.6 Å². The number of piperidine rings is 1. The van der Waals surface area contributed by atoms with Crippen LogP contribution < -0.4 is 14.8 Å². The van der Waals surface area contributed by atoms with Gasteiger partial charge < -0.3 is 19.7 Å². The monoisotopic (exact) mass is 445 g/mol. The molecular formula is C23H31N3O4S. The van der Waals surface area contributed by atoms with Crippen molar-refractivity contribution in [1.82, 2.24) is 15.2 Å². The van der Waals surface area contributed by atoms with E-state index in [1.54, 1.807) is 30.8 Å². The molecule has 0 spiro atoms. The Bertz CT molecular complexity index is 849. The maximum Gasteiger partial charge on any atom is 0.253 e. The van der Waals surface area contributed by atoms with E-state index in [9.17, 15) is 9.59 Å². The van der Waals surface area contributed by atoms with Gasteiger partial charge in [0.2, 0.25) is 5.91 Å². The van der Waals surface area contributed by atoms with Gasteiger partial charge in [-0.25, -0.2) is 4.98 Å². The van der Waals surface area contributed by atoms with Crippen LogP contribution in [-0.2, 0) is 11.4 Å². The number of nitrogens with zero attached hydrogens (tertiary/aromatic N) is 2. The molecule has 0 bridgehead atoms. The van der Waals surface area contributed by atoms with Gasteiger partial charge in [-0.1, -0.05) is 19.8 Å². The van der Waals surface area contributed by atoms with Crippen molar-refractivity contribution in [2.24, 2.45) is 5.92 Å². The summed E-state index contributed by atoms with van der Waals surface area (Å²) in [5.74, 6) is 1.15. The Labute approximate surface area is 187 Å². The number of benzene rings is 1. The Kier molecular flexibility index (Phi) is 8.70. The number of unbranched alkanes of at least 4 members (excludes halogenated alkanes) is 2. The van der Waals surface area contributed by atoms with Crippen molar-refractivity contribution < 1.29 is 19.1 Å². The summed E-state index contributed by atoms with van der Waals surface area (Å²) < 4.78 is 11.2. The highest BCUT2D eigenvalue weighted by Gasteiger charge is 2.28. The molecule has 1 aliphatic heterocycles. The lowest BCUT2D eigenvalue weighted by Crippen LogP contribution is -2.43. The van der Waals surface area contributed by atoms with Crippen LogP contribution in [-0.4, -0.2) is 48.4 Å². The zero-order valence-electron chi connectivity index (χ0n) is 18.3. The van der Waals surface area contributed by atoms with Gasteiger partial charge in [0.25, 0.3) is 5.91 Å². The van der Waals surface area contributed by atoms with Crippen molar-refractivity contribution in [2.75, 3.05) is 26.7 Å². The summed E-state index contributed by atoms with van der Waals surface area (Å²) in [4.78, 5) is 31.3. The molecule has 1 aromatic carbocycles. The van der Waals surface area contributed by atoms with Gasteiger partial charge in [-0.15, -0.1) is 11.3 Å². The molecule has 0 radical (unpaired) electrons. The normalized spacial score (nSPS) is 14.3. The van der Waals surface area contributed by atoms with Crippen molar-refractivity contribution in [1.29, 1.82) is 0 Å². The standard InChI is InChI=1S/C23H31N3O4S/c1-3-4-5-10-24-22(27)17-8-11-26(12-9-17)23(28)18-6-7-20(21(13-18)29-2)30-14-19-15-31-16-25-19/h6-7,13,15-17H,3-5,8-12,14H2,1-2H3,(H,24,27). The maximum atomic E-state index is 13.0. The minimum atomic E-state index is -0.0499. The van der Waals surface area contributed by atoms with Crippen molar-refractivity contribution in [3.8, 4) is 11.5 Å². The fourth-order valence-electron chi connectivity index (χ4n) is 3.64. The van der Waals surface area contributed by atoms with Gasteiger partial charge in [-0.3, -0.25) is 9.59 Å². The van der Waals surface area contributed by atoms with Crippen molar-refractivity contribution in [3.63, 3.8) is 0 Å². The Balaban J connectivity index is 1.52. The fourth-order valence-corrected chi connectivity index (χ4v) is 4.18. The number of likely N-dealkylation sites (tertiary alicyclic amines) is 1. The molecule has 1 fully saturated rings. The molecule has 2 heterocycles. The molecule has 2 aromatic rings. The molecule has 0 aliphatic carbocycles. The average Bonchev–Trinajstić information content (AvgIpc) is 3.33. The minimum Gasteiger partial charge on any atom is -0.493 e. The first-order chi connectivity index (χ1) is 15.1. The lowest BCUT2D eigenvalue weighted by atomic mass is 9.95. The van der Waals surface area contributed by atoms with Crippen molar-refractivity contribution >= 4 is 23.2 Å². The third kappa shape index (κ3) is 6.43. The Morgan fingerprint density at radius 2 is 2.03 bits per heavy atom. The largest absolute Gasteiger partial charge is 0.493 e. The van der Waals surface area contributed by atoms with Crippen molar-refractivity contribution in [3.05, 3.63) is 40.3 Å². The van der Waals surface area contributed by atoms with E-state index in [4.69, 9.17) is 9.47 Å². The van der Waals surface area contributed by atoms with Gasteiger partial charge in [0, 0.05) is 36.5 Å². The third-order valence-corrected chi connectivity index (χ3v) is 6.14. The van der Waals surface area contributed by atoms with Crippen LogP contribution in [0.5, 0.6) is 11.5 Å². The quantitative estimate of drug-likeness (QED) is 0.561. The summed E-state index contributed by atoms with van der Waals surface area (Å²) in [6.07, 6.45) is 4.67. The van der Waals surface area contributed by atoms with Gasteiger partial charge in [-0.05, 0) is 37.5 Å². The first-order valence-corrected chi connectivity index (χ1v) is 11.8. The lowest BCUT2D eigenvalue weighted by Gasteiger charge is -2.31. The molecule has 7 nitrogen and oxygen atoms in total. The highest BCUT2D eigenvalue weighted by atomic mass is 32.1. The van der Waals surface area contributed by atoms with Gasteiger partial charge in [0.15, 0.2) is 11.5 Å². The summed E-state index contributed by atoms with van der Waals surface area (Å²) in [6.45, 7) is 4.39. The summed E-state index contributed by atoms with van der Waals surface area (Å²) in [5, 5.41) is 4.96. The number of aromatic nitrogens is 1. The minimum absolute atomic E-state index is 0.0123. The summed E-state index contributed by atoms with van der Waals surface area (Å²) in [5.41, 5.74) is 3.17. The first-order valence-electron chi connectivity index (χ1n) is 10.9. The van der Waals surface area contributed by atoms with Crippen LogP contribution in [0, 0.1) is 5.92 Å². The molecule has 2 amide bonds. The van der Waals surface area contributed by atoms with E-state index in [0.717, 1.165) is 31.5 Å². The molecule has 168 valence electrons. The second kappa shape index (κ2) is 11.7. The van der Waals surface area contributed by atoms with Crippen LogP contribution in [0.2, 0.25) is 0 Å². The van der Waals surface area contributed by atoms with E-state index in [1.165, 1.54) is 11.3 Å². The van der Waals surface area contributed by atoms with Gasteiger partial charge in [-0.2, -0.15) is 0 Å². The van der Waals surface area contributed by atoms with E-state index >= 15 is 0 Å². The number of ether oxygens (including phenoxy) is 2. The second-order valence-corrected chi connectivity index (χ2v) is 8.42. The van der Waals surface area contributed by atoms with Crippen LogP contribution in [0.4, 0.5) is 0 Å². The highest BCUT2D eigenvalue weighted by Crippen LogP contribution is 2.30. The number of thiazole rings is 1. The Morgan fingerprint density at radius 3 is 2.71 bits per heavy atom. The van der Waals surface area contributed by atoms with Crippen LogP contribution >= 0.6 is 11.3 Å². The zero-order chi connectivity index (χ0) is 22.1. The van der Waals surface area contributed by atoms with Crippen LogP contribution in [0.15, 0.2) is 29.1 Å². The predicted molar refractivity (Wildman–Crippen MR) is 121 cm³/mol. The number of rotatable bonds is 10. The van der Waals surface area contributed by atoms with Gasteiger partial charge in [0.05, 0.1) is 18.3 Å². The molecule has 1 N–H and O–H groups in total. The molecule has 8 heteroatoms. The molecule has 0 atom stereocenters. The Morgan fingerprint density at radius 1 is 1.23 bits per heavy atom. The maximum absolute atomic E-state index is 13.0. The van der Waals surface area contributed by atoms with Gasteiger partial charge in [0.1, 0.15) is 6.61 Å². The average molecular weight is 446 g/mol. The number of carbonyl (C=O) groups excluding carboxylic acids is 2. The van der Waals surface area contributed by atoms with E-state index in [2.05, 4.69) is 17.2 Å². The molecule has 1 saturated heterocycles. The second-order valence-electron chi connectivity index (χ2n) is 7.70. The van der Waals surface area contributed by atoms with E-state index < -0.39 is 0 Å². The summed E-state index contributed by atoms with van der Waals surface area (Å²) >= 11 is 1.52. The fraction of sp³-hybridized carbons (Fsp3) is 0.522. The van der Waals surface area contributed by atoms with E-state index in [1.807, 2.05) is 10.3 Å². The molecular weight excluding hydrogens is 414 g/mol. The molecule has 31 heavy (non-hydrogen) atoms.